The number of thiophene rings is 2. The minimum atomic E-state index is -3.51. The van der Waals surface area contributed by atoms with Gasteiger partial charge in [-0.3, -0.25) is 4.18 Å². The molecule has 11 rings (SSSR count). The second-order valence-corrected chi connectivity index (χ2v) is 23.5. The smallest absolute Gasteiger partial charge is 0.296 e. The highest BCUT2D eigenvalue weighted by Crippen LogP contribution is 2.37. The highest BCUT2D eigenvalue weighted by molar-refractivity contribution is 7.86. The number of benzene rings is 5. The van der Waals surface area contributed by atoms with Crippen molar-refractivity contribution in [2.45, 2.75) is 50.8 Å². The molecule has 3 N–H and O–H groups in total. The Morgan fingerprint density at radius 3 is 1.58 bits per heavy atom. The monoisotopic (exact) mass is 1120 g/mol. The fraction of sp³-hybridized carbons (Fsp3) is 0.311. The van der Waals surface area contributed by atoms with Gasteiger partial charge in [0.1, 0.15) is 0 Å². The molecule has 79 heavy (non-hydrogen) atoms. The van der Waals surface area contributed by atoms with E-state index >= 15 is 0 Å². The second kappa shape index (κ2) is 26.9. The Morgan fingerprint density at radius 2 is 1.11 bits per heavy atom. The van der Waals surface area contributed by atoms with Gasteiger partial charge in [0.05, 0.1) is 62.9 Å². The van der Waals surface area contributed by atoms with Gasteiger partial charge < -0.3 is 40.1 Å². The molecule has 0 unspecified atom stereocenters. The van der Waals surface area contributed by atoms with Gasteiger partial charge in [-0.25, -0.2) is 0 Å². The van der Waals surface area contributed by atoms with Crippen LogP contribution in [0, 0.1) is 6.92 Å². The van der Waals surface area contributed by atoms with Crippen molar-refractivity contribution in [3.63, 3.8) is 0 Å². The average molecular weight is 1120 g/mol. The number of fused-ring (bicyclic) bond motifs is 2. The lowest BCUT2D eigenvalue weighted by molar-refractivity contribution is 0.122. The van der Waals surface area contributed by atoms with Gasteiger partial charge in [-0.2, -0.15) is 18.6 Å². The molecule has 0 amide bonds. The third-order valence-electron chi connectivity index (χ3n) is 13.9. The van der Waals surface area contributed by atoms with Crippen LogP contribution in [-0.2, 0) is 36.9 Å². The van der Waals surface area contributed by atoms with Crippen molar-refractivity contribution in [3.8, 4) is 22.3 Å². The lowest BCUT2D eigenvalue weighted by atomic mass is 10.0. The zero-order valence-electron chi connectivity index (χ0n) is 46.0. The molecule has 9 aromatic rings. The summed E-state index contributed by atoms with van der Waals surface area (Å²) in [6.45, 7) is 14.8. The van der Waals surface area contributed by atoms with Crippen LogP contribution in [0.4, 0.5) is 23.0 Å². The van der Waals surface area contributed by atoms with Crippen molar-refractivity contribution in [3.05, 3.63) is 171 Å². The maximum Gasteiger partial charge on any atom is 0.296 e. The van der Waals surface area contributed by atoms with Crippen molar-refractivity contribution in [2.24, 2.45) is 0 Å². The number of nitrogens with zero attached hydrogens (tertiary/aromatic N) is 7. The number of nitrogens with one attached hydrogen (secondary N) is 3. The fourth-order valence-electron chi connectivity index (χ4n) is 9.60. The number of hydrogen-bond acceptors (Lipinski definition) is 17. The lowest BCUT2D eigenvalue weighted by Crippen LogP contribution is -2.36. The van der Waals surface area contributed by atoms with Crippen LogP contribution in [0.1, 0.15) is 52.4 Å². The number of rotatable bonds is 16. The van der Waals surface area contributed by atoms with Crippen LogP contribution in [0.3, 0.4) is 0 Å². The normalized spacial score (nSPS) is 14.5. The van der Waals surface area contributed by atoms with E-state index in [4.69, 9.17) is 9.47 Å². The predicted octanol–water partition coefficient (Wildman–Crippen LogP) is 11.8. The van der Waals surface area contributed by atoms with Crippen molar-refractivity contribution in [1.29, 1.82) is 0 Å². The van der Waals surface area contributed by atoms with Crippen LogP contribution in [0.25, 0.3) is 43.8 Å². The third-order valence-corrected chi connectivity index (χ3v) is 17.4. The Hall–Kier alpha value is -6.87. The Balaban J connectivity index is 0.000000159. The molecule has 0 aliphatic carbocycles. The maximum absolute atomic E-state index is 11.1. The zero-order chi connectivity index (χ0) is 55.3. The SMILES string of the molecule is CNCc1ccccc1-c1csc([C@@H](C)Nc2nncc3ccc(N4CCOCC4)cc23)c1.COS(=O)(=O)c1ccc(C)cc1.C[C@@H](Nc1nncc2ccc(N3CCOCC3)cc12)c1cc(-c2ccccc2CN(C)C)cs1. The van der Waals surface area contributed by atoms with E-state index in [0.29, 0.717) is 0 Å². The largest absolute Gasteiger partial charge is 0.378 e. The second-order valence-electron chi connectivity index (χ2n) is 19.9. The molecular weight excluding hydrogens is 1050 g/mol. The first-order chi connectivity index (χ1) is 38.4. The van der Waals surface area contributed by atoms with E-state index in [2.05, 4.69) is 191 Å². The molecule has 2 fully saturated rings. The van der Waals surface area contributed by atoms with Gasteiger partial charge in [0.2, 0.25) is 0 Å². The van der Waals surface area contributed by atoms with Crippen molar-refractivity contribution < 1.29 is 22.1 Å². The zero-order valence-corrected chi connectivity index (χ0v) is 48.4. The Labute approximate surface area is 472 Å². The first kappa shape index (κ1) is 56.8. The molecule has 18 heteroatoms. The quantitative estimate of drug-likeness (QED) is 0.0784. The van der Waals surface area contributed by atoms with E-state index in [-0.39, 0.29) is 17.0 Å². The molecule has 4 aromatic heterocycles. The molecule has 0 bridgehead atoms. The molecule has 6 heterocycles. The summed E-state index contributed by atoms with van der Waals surface area (Å²) in [4.78, 5) is 9.68. The van der Waals surface area contributed by atoms with Gasteiger partial charge in [0.15, 0.2) is 11.6 Å². The summed E-state index contributed by atoms with van der Waals surface area (Å²) >= 11 is 3.56. The molecule has 0 radical (unpaired) electrons. The van der Waals surface area contributed by atoms with Crippen molar-refractivity contribution in [1.82, 2.24) is 30.6 Å². The lowest BCUT2D eigenvalue weighted by Gasteiger charge is -2.29. The summed E-state index contributed by atoms with van der Waals surface area (Å²) in [5.41, 5.74) is 11.2. The van der Waals surface area contributed by atoms with Gasteiger partial charge in [-0.15, -0.1) is 32.9 Å². The van der Waals surface area contributed by atoms with Crippen LogP contribution in [-0.4, -0.2) is 115 Å². The molecule has 15 nitrogen and oxygen atoms in total. The summed E-state index contributed by atoms with van der Waals surface area (Å²) in [6, 6.07) is 41.6. The van der Waals surface area contributed by atoms with E-state index < -0.39 is 10.1 Å². The molecule has 2 saturated heterocycles. The Kier molecular flexibility index (Phi) is 19.3. The summed E-state index contributed by atoms with van der Waals surface area (Å²) in [5.74, 6) is 1.64. The molecular formula is C61H70N10O5S3. The van der Waals surface area contributed by atoms with E-state index in [0.717, 1.165) is 112 Å². The topological polar surface area (TPSA) is 159 Å². The minimum absolute atomic E-state index is 0.117. The molecule has 2 atom stereocenters. The first-order valence-electron chi connectivity index (χ1n) is 26.6. The first-order valence-corrected chi connectivity index (χ1v) is 29.7. The molecule has 2 aliphatic heterocycles. The van der Waals surface area contributed by atoms with E-state index in [1.54, 1.807) is 34.8 Å². The van der Waals surface area contributed by atoms with Crippen molar-refractivity contribution >= 4 is 77.3 Å². The van der Waals surface area contributed by atoms with Gasteiger partial charge in [-0.1, -0.05) is 78.4 Å². The third kappa shape index (κ3) is 14.5. The van der Waals surface area contributed by atoms with Gasteiger partial charge in [-0.05, 0) is 135 Å². The number of ether oxygens (including phenoxy) is 2. The van der Waals surface area contributed by atoms with Gasteiger partial charge in [0.25, 0.3) is 10.1 Å². The van der Waals surface area contributed by atoms with Crippen LogP contribution in [0.5, 0.6) is 0 Å². The number of aromatic nitrogens is 4. The predicted molar refractivity (Wildman–Crippen MR) is 324 cm³/mol. The summed E-state index contributed by atoms with van der Waals surface area (Å²) < 4.78 is 37.5. The summed E-state index contributed by atoms with van der Waals surface area (Å²) in [5, 5.41) is 36.8. The molecule has 2 aliphatic rings. The Bertz CT molecular complexity index is 3540. The van der Waals surface area contributed by atoms with Crippen LogP contribution in [0.15, 0.2) is 149 Å². The van der Waals surface area contributed by atoms with Crippen LogP contribution in [0.2, 0.25) is 0 Å². The summed E-state index contributed by atoms with van der Waals surface area (Å²) in [7, 11) is 3.83. The molecule has 412 valence electrons. The van der Waals surface area contributed by atoms with E-state index in [9.17, 15) is 8.42 Å². The fourth-order valence-corrected chi connectivity index (χ4v) is 12.1. The highest BCUT2D eigenvalue weighted by Gasteiger charge is 2.19. The molecule has 5 aromatic carbocycles. The maximum atomic E-state index is 11.1. The van der Waals surface area contributed by atoms with E-state index in [1.165, 1.54) is 66.6 Å². The minimum Gasteiger partial charge on any atom is -0.378 e. The van der Waals surface area contributed by atoms with Gasteiger partial charge >= 0.3 is 0 Å². The van der Waals surface area contributed by atoms with Crippen LogP contribution >= 0.6 is 22.7 Å². The highest BCUT2D eigenvalue weighted by atomic mass is 32.2. The number of hydrogen-bond donors (Lipinski definition) is 3. The summed E-state index contributed by atoms with van der Waals surface area (Å²) in [6.07, 6.45) is 3.66. The Morgan fingerprint density at radius 1 is 0.646 bits per heavy atom. The standard InChI is InChI=1S/C27H31N5OS.C26H29N5OS.C8H10O3S/c1-19(26-14-22(18-34-26)24-7-5-4-6-21(24)17-31(2)3)29-27-25-15-23(32-10-12-33-13-11-32)9-8-20(25)16-28-30-27;1-18(25-13-21(17-33-25)23-6-4-3-5-19(23)15-27-2)29-26-24-14-22(31-9-11-32-12-10-31)8-7-20(24)16-28-30-26;1-7-3-5-8(6-4-7)12(9,10)11-2/h4-9,14-16,18-19H,10-13,17H2,1-3H3,(H,29,30);3-8,13-14,16-18,27H,9-12,15H2,1-2H3,(H,29,30);3-6H,1-2H3/t19-;18-;/m11./s1. The molecule has 0 spiro atoms. The van der Waals surface area contributed by atoms with E-state index in [1.807, 2.05) is 26.4 Å². The van der Waals surface area contributed by atoms with Crippen molar-refractivity contribution in [2.75, 3.05) is 101 Å². The number of anilines is 4. The molecule has 0 saturated carbocycles. The number of aryl methyl sites for hydroxylation is 1. The number of morpholine rings is 2. The average Bonchev–Trinajstić information content (AvgIpc) is 4.22. The van der Waals surface area contributed by atoms with Crippen LogP contribution < -0.4 is 25.8 Å². The van der Waals surface area contributed by atoms with Gasteiger partial charge in [0, 0.05) is 81.9 Å².